The number of benzene rings is 2. The third kappa shape index (κ3) is 2.76. The molecule has 0 unspecified atom stereocenters. The highest BCUT2D eigenvalue weighted by atomic mass is 16.5. The van der Waals surface area contributed by atoms with E-state index in [4.69, 9.17) is 14.9 Å². The summed E-state index contributed by atoms with van der Waals surface area (Å²) in [6.07, 6.45) is 0. The second-order valence-electron chi connectivity index (χ2n) is 4.93. The molecule has 0 saturated carbocycles. The molecule has 2 N–H and O–H groups in total. The predicted octanol–water partition coefficient (Wildman–Crippen LogP) is 3.06. The molecule has 0 atom stereocenters. The van der Waals surface area contributed by atoms with Crippen LogP contribution in [0.4, 0.5) is 11.7 Å². The SMILES string of the molecule is COc1ccc(CN(C)c2nc3ccc(N)cc3o2)cc1. The van der Waals surface area contributed by atoms with Crippen LogP contribution in [0.3, 0.4) is 0 Å². The first-order valence-corrected chi connectivity index (χ1v) is 6.66. The molecule has 0 aliphatic heterocycles. The second kappa shape index (κ2) is 5.36. The summed E-state index contributed by atoms with van der Waals surface area (Å²) in [5.41, 5.74) is 9.08. The van der Waals surface area contributed by atoms with Crippen LogP contribution in [0.25, 0.3) is 11.1 Å². The molecule has 0 fully saturated rings. The molecule has 0 amide bonds. The van der Waals surface area contributed by atoms with Gasteiger partial charge in [0, 0.05) is 25.3 Å². The van der Waals surface area contributed by atoms with Gasteiger partial charge in [-0.05, 0) is 29.8 Å². The van der Waals surface area contributed by atoms with Crippen molar-refractivity contribution in [1.82, 2.24) is 4.98 Å². The van der Waals surface area contributed by atoms with E-state index < -0.39 is 0 Å². The van der Waals surface area contributed by atoms with Crippen LogP contribution < -0.4 is 15.4 Å². The van der Waals surface area contributed by atoms with Crippen molar-refractivity contribution < 1.29 is 9.15 Å². The molecule has 108 valence electrons. The third-order valence-corrected chi connectivity index (χ3v) is 3.31. The lowest BCUT2D eigenvalue weighted by Gasteiger charge is -2.14. The topological polar surface area (TPSA) is 64.5 Å². The Morgan fingerprint density at radius 2 is 1.95 bits per heavy atom. The molecule has 3 aromatic rings. The predicted molar refractivity (Wildman–Crippen MR) is 83.5 cm³/mol. The summed E-state index contributed by atoms with van der Waals surface area (Å²) >= 11 is 0. The molecule has 1 heterocycles. The van der Waals surface area contributed by atoms with Gasteiger partial charge in [-0.2, -0.15) is 4.98 Å². The van der Waals surface area contributed by atoms with Gasteiger partial charge in [-0.3, -0.25) is 0 Å². The Balaban J connectivity index is 1.80. The molecule has 21 heavy (non-hydrogen) atoms. The maximum absolute atomic E-state index is 5.75. The minimum Gasteiger partial charge on any atom is -0.497 e. The van der Waals surface area contributed by atoms with Crippen molar-refractivity contribution >= 4 is 22.8 Å². The maximum atomic E-state index is 5.75. The zero-order valence-corrected chi connectivity index (χ0v) is 12.0. The highest BCUT2D eigenvalue weighted by Crippen LogP contribution is 2.24. The van der Waals surface area contributed by atoms with Gasteiger partial charge in [0.2, 0.25) is 0 Å². The summed E-state index contributed by atoms with van der Waals surface area (Å²) in [7, 11) is 3.60. The first-order chi connectivity index (χ1) is 10.2. The maximum Gasteiger partial charge on any atom is 0.298 e. The van der Waals surface area contributed by atoms with Crippen LogP contribution in [-0.2, 0) is 6.54 Å². The lowest BCUT2D eigenvalue weighted by atomic mass is 10.2. The van der Waals surface area contributed by atoms with Crippen LogP contribution in [-0.4, -0.2) is 19.1 Å². The van der Waals surface area contributed by atoms with Crippen molar-refractivity contribution in [2.75, 3.05) is 24.8 Å². The lowest BCUT2D eigenvalue weighted by Crippen LogP contribution is -2.16. The third-order valence-electron chi connectivity index (χ3n) is 3.31. The van der Waals surface area contributed by atoms with Gasteiger partial charge in [0.25, 0.3) is 6.01 Å². The second-order valence-corrected chi connectivity index (χ2v) is 4.93. The minimum absolute atomic E-state index is 0.575. The van der Waals surface area contributed by atoms with E-state index in [9.17, 15) is 0 Å². The number of ether oxygens (including phenoxy) is 1. The summed E-state index contributed by atoms with van der Waals surface area (Å²) < 4.78 is 10.9. The molecule has 0 radical (unpaired) electrons. The number of nitrogens with zero attached hydrogens (tertiary/aromatic N) is 2. The van der Waals surface area contributed by atoms with Crippen LogP contribution in [0.2, 0.25) is 0 Å². The molecule has 5 heteroatoms. The van der Waals surface area contributed by atoms with Gasteiger partial charge in [-0.1, -0.05) is 12.1 Å². The van der Waals surface area contributed by atoms with E-state index in [0.717, 1.165) is 16.8 Å². The van der Waals surface area contributed by atoms with Crippen LogP contribution in [0.5, 0.6) is 5.75 Å². The normalized spacial score (nSPS) is 10.8. The fourth-order valence-corrected chi connectivity index (χ4v) is 2.16. The van der Waals surface area contributed by atoms with Gasteiger partial charge >= 0.3 is 0 Å². The molecule has 0 aliphatic rings. The van der Waals surface area contributed by atoms with Gasteiger partial charge < -0.3 is 19.8 Å². The first kappa shape index (κ1) is 13.3. The fraction of sp³-hybridized carbons (Fsp3) is 0.188. The van der Waals surface area contributed by atoms with Gasteiger partial charge in [0.1, 0.15) is 11.3 Å². The van der Waals surface area contributed by atoms with Crippen LogP contribution in [0.15, 0.2) is 46.9 Å². The van der Waals surface area contributed by atoms with Crippen molar-refractivity contribution in [3.05, 3.63) is 48.0 Å². The fourth-order valence-electron chi connectivity index (χ4n) is 2.16. The number of oxazole rings is 1. The Bertz CT molecular complexity index is 750. The van der Waals surface area contributed by atoms with E-state index in [-0.39, 0.29) is 0 Å². The first-order valence-electron chi connectivity index (χ1n) is 6.66. The van der Waals surface area contributed by atoms with Crippen LogP contribution in [0.1, 0.15) is 5.56 Å². The molecule has 2 aromatic carbocycles. The zero-order chi connectivity index (χ0) is 14.8. The van der Waals surface area contributed by atoms with Crippen LogP contribution in [0, 0.1) is 0 Å². The Kier molecular flexibility index (Phi) is 3.39. The quantitative estimate of drug-likeness (QED) is 0.745. The monoisotopic (exact) mass is 283 g/mol. The van der Waals surface area contributed by atoms with E-state index in [1.165, 1.54) is 0 Å². The van der Waals surface area contributed by atoms with E-state index in [2.05, 4.69) is 4.98 Å². The average Bonchev–Trinajstić information content (AvgIpc) is 2.91. The molecule has 1 aromatic heterocycles. The van der Waals surface area contributed by atoms with Crippen molar-refractivity contribution in [1.29, 1.82) is 0 Å². The van der Waals surface area contributed by atoms with E-state index in [0.29, 0.717) is 23.8 Å². The summed E-state index contributed by atoms with van der Waals surface area (Å²) in [5.74, 6) is 0.846. The summed E-state index contributed by atoms with van der Waals surface area (Å²) in [5, 5.41) is 0. The smallest absolute Gasteiger partial charge is 0.298 e. The number of anilines is 2. The number of methoxy groups -OCH3 is 1. The molecule has 0 bridgehead atoms. The Labute approximate surface area is 122 Å². The summed E-state index contributed by atoms with van der Waals surface area (Å²) in [6.45, 7) is 0.701. The molecule has 5 nitrogen and oxygen atoms in total. The molecule has 0 saturated heterocycles. The van der Waals surface area contributed by atoms with Crippen LogP contribution >= 0.6 is 0 Å². The lowest BCUT2D eigenvalue weighted by molar-refractivity contribution is 0.414. The number of fused-ring (bicyclic) bond motifs is 1. The largest absolute Gasteiger partial charge is 0.497 e. The van der Waals surface area contributed by atoms with E-state index in [1.807, 2.05) is 48.3 Å². The van der Waals surface area contributed by atoms with Crippen molar-refractivity contribution in [3.63, 3.8) is 0 Å². The van der Waals surface area contributed by atoms with Gasteiger partial charge in [-0.15, -0.1) is 0 Å². The number of nitrogen functional groups attached to an aromatic ring is 1. The molecule has 0 aliphatic carbocycles. The van der Waals surface area contributed by atoms with Crippen molar-refractivity contribution in [3.8, 4) is 5.75 Å². The Morgan fingerprint density at radius 3 is 2.67 bits per heavy atom. The van der Waals surface area contributed by atoms with Gasteiger partial charge in [0.05, 0.1) is 7.11 Å². The average molecular weight is 283 g/mol. The van der Waals surface area contributed by atoms with Crippen molar-refractivity contribution in [2.45, 2.75) is 6.54 Å². The Morgan fingerprint density at radius 1 is 1.19 bits per heavy atom. The highest BCUT2D eigenvalue weighted by Gasteiger charge is 2.11. The van der Waals surface area contributed by atoms with Gasteiger partial charge in [0.15, 0.2) is 5.58 Å². The number of rotatable bonds is 4. The molecule has 0 spiro atoms. The molecular weight excluding hydrogens is 266 g/mol. The van der Waals surface area contributed by atoms with Gasteiger partial charge in [-0.25, -0.2) is 0 Å². The Hall–Kier alpha value is -2.69. The number of aromatic nitrogens is 1. The molecular formula is C16H17N3O2. The summed E-state index contributed by atoms with van der Waals surface area (Å²) in [6, 6.07) is 14.0. The van der Waals surface area contributed by atoms with E-state index >= 15 is 0 Å². The number of hydrogen-bond acceptors (Lipinski definition) is 5. The minimum atomic E-state index is 0.575. The zero-order valence-electron chi connectivity index (χ0n) is 12.0. The van der Waals surface area contributed by atoms with Crippen molar-refractivity contribution in [2.24, 2.45) is 0 Å². The molecule has 3 rings (SSSR count). The number of nitrogens with two attached hydrogens (primary N) is 1. The highest BCUT2D eigenvalue weighted by molar-refractivity contribution is 5.78. The van der Waals surface area contributed by atoms with E-state index in [1.54, 1.807) is 13.2 Å². The number of hydrogen-bond donors (Lipinski definition) is 1. The summed E-state index contributed by atoms with van der Waals surface area (Å²) in [4.78, 5) is 6.42. The standard InChI is InChI=1S/C16H17N3O2/c1-19(10-11-3-6-13(20-2)7-4-11)16-18-14-8-5-12(17)9-15(14)21-16/h3-9H,10,17H2,1-2H3.